The normalized spacial score (nSPS) is 15.7. The van der Waals surface area contributed by atoms with Crippen molar-refractivity contribution in [1.82, 2.24) is 9.80 Å². The Balaban J connectivity index is 2.05. The van der Waals surface area contributed by atoms with Crippen molar-refractivity contribution in [2.45, 2.75) is 13.3 Å². The predicted molar refractivity (Wildman–Crippen MR) is 78.5 cm³/mol. The van der Waals surface area contributed by atoms with E-state index in [4.69, 9.17) is 0 Å². The maximum atomic E-state index is 12.5. The molecule has 0 radical (unpaired) electrons. The van der Waals surface area contributed by atoms with Crippen molar-refractivity contribution in [3.05, 3.63) is 48.0 Å². The van der Waals surface area contributed by atoms with Crippen LogP contribution in [0.4, 0.5) is 0 Å². The van der Waals surface area contributed by atoms with Crippen LogP contribution in [0.3, 0.4) is 0 Å². The summed E-state index contributed by atoms with van der Waals surface area (Å²) in [5.41, 5.74) is 1.79. The van der Waals surface area contributed by atoms with Crippen LogP contribution in [-0.4, -0.2) is 47.8 Å². The fourth-order valence-electron chi connectivity index (χ4n) is 2.43. The molecule has 1 aromatic carbocycles. The van der Waals surface area contributed by atoms with Crippen LogP contribution < -0.4 is 0 Å². The van der Waals surface area contributed by atoms with Crippen LogP contribution in [0.1, 0.15) is 22.3 Å². The van der Waals surface area contributed by atoms with Crippen LogP contribution in [0.15, 0.2) is 36.9 Å². The minimum absolute atomic E-state index is 0.0432. The van der Waals surface area contributed by atoms with Crippen molar-refractivity contribution < 1.29 is 9.59 Å². The summed E-state index contributed by atoms with van der Waals surface area (Å²) in [4.78, 5) is 27.6. The minimum Gasteiger partial charge on any atom is -0.337 e. The van der Waals surface area contributed by atoms with Gasteiger partial charge in [-0.05, 0) is 31.6 Å². The topological polar surface area (TPSA) is 40.6 Å². The Bertz CT molecular complexity index is 525. The van der Waals surface area contributed by atoms with E-state index in [2.05, 4.69) is 6.58 Å². The van der Waals surface area contributed by atoms with Gasteiger partial charge in [0.25, 0.3) is 5.91 Å². The predicted octanol–water partition coefficient (Wildman–Crippen LogP) is 1.86. The first-order chi connectivity index (χ1) is 9.61. The number of hydrogen-bond donors (Lipinski definition) is 0. The Morgan fingerprint density at radius 2 is 1.85 bits per heavy atom. The largest absolute Gasteiger partial charge is 0.337 e. The van der Waals surface area contributed by atoms with E-state index in [1.165, 1.54) is 6.08 Å². The van der Waals surface area contributed by atoms with Crippen molar-refractivity contribution in [3.8, 4) is 0 Å². The summed E-state index contributed by atoms with van der Waals surface area (Å²) in [6.45, 7) is 8.00. The summed E-state index contributed by atoms with van der Waals surface area (Å²) in [6.07, 6.45) is 2.13. The molecule has 0 spiro atoms. The van der Waals surface area contributed by atoms with E-state index in [9.17, 15) is 9.59 Å². The zero-order valence-electron chi connectivity index (χ0n) is 11.8. The summed E-state index contributed by atoms with van der Waals surface area (Å²) < 4.78 is 0. The molecule has 1 fully saturated rings. The van der Waals surface area contributed by atoms with E-state index < -0.39 is 0 Å². The average molecular weight is 272 g/mol. The first kappa shape index (κ1) is 14.3. The second kappa shape index (κ2) is 6.37. The number of rotatable bonds is 2. The molecule has 20 heavy (non-hydrogen) atoms. The van der Waals surface area contributed by atoms with Crippen LogP contribution >= 0.6 is 0 Å². The summed E-state index contributed by atoms with van der Waals surface area (Å²) in [7, 11) is 0. The van der Waals surface area contributed by atoms with Gasteiger partial charge in [-0.2, -0.15) is 0 Å². The molecule has 2 amide bonds. The zero-order valence-corrected chi connectivity index (χ0v) is 11.8. The van der Waals surface area contributed by atoms with Crippen molar-refractivity contribution in [3.63, 3.8) is 0 Å². The lowest BCUT2D eigenvalue weighted by Crippen LogP contribution is -2.36. The molecule has 1 aliphatic heterocycles. The smallest absolute Gasteiger partial charge is 0.253 e. The van der Waals surface area contributed by atoms with Gasteiger partial charge in [-0.1, -0.05) is 24.3 Å². The highest BCUT2D eigenvalue weighted by atomic mass is 16.2. The highest BCUT2D eigenvalue weighted by Crippen LogP contribution is 2.11. The Kier molecular flexibility index (Phi) is 4.56. The van der Waals surface area contributed by atoms with Gasteiger partial charge in [-0.25, -0.2) is 0 Å². The van der Waals surface area contributed by atoms with Gasteiger partial charge in [-0.3, -0.25) is 9.59 Å². The molecule has 0 aromatic heterocycles. The van der Waals surface area contributed by atoms with Crippen LogP contribution in [0, 0.1) is 6.92 Å². The summed E-state index contributed by atoms with van der Waals surface area (Å²) in [5.74, 6) is -0.0172. The highest BCUT2D eigenvalue weighted by Gasteiger charge is 2.21. The monoisotopic (exact) mass is 272 g/mol. The maximum Gasteiger partial charge on any atom is 0.253 e. The van der Waals surface area contributed by atoms with Gasteiger partial charge in [0.1, 0.15) is 0 Å². The van der Waals surface area contributed by atoms with Gasteiger partial charge < -0.3 is 9.80 Å². The number of nitrogens with zero attached hydrogens (tertiary/aromatic N) is 2. The molecular weight excluding hydrogens is 252 g/mol. The third-order valence-corrected chi connectivity index (χ3v) is 3.53. The third-order valence-electron chi connectivity index (χ3n) is 3.53. The van der Waals surface area contributed by atoms with Gasteiger partial charge in [0.2, 0.25) is 5.91 Å². The van der Waals surface area contributed by atoms with Crippen molar-refractivity contribution in [1.29, 1.82) is 0 Å². The molecule has 2 rings (SSSR count). The number of benzene rings is 1. The highest BCUT2D eigenvalue weighted by molar-refractivity contribution is 5.94. The van der Waals surface area contributed by atoms with Gasteiger partial charge in [0, 0.05) is 31.7 Å². The quantitative estimate of drug-likeness (QED) is 0.771. The standard InChI is InChI=1S/C16H20N2O2/c1-3-15(19)17-8-5-9-18(11-10-17)16(20)14-7-4-6-13(2)12-14/h3-4,6-7,12H,1,5,8-11H2,2H3. The van der Waals surface area contributed by atoms with Crippen molar-refractivity contribution in [2.24, 2.45) is 0 Å². The van der Waals surface area contributed by atoms with Gasteiger partial charge in [0.05, 0.1) is 0 Å². The van der Waals surface area contributed by atoms with E-state index in [0.717, 1.165) is 12.0 Å². The minimum atomic E-state index is -0.0603. The molecule has 1 aliphatic rings. The Labute approximate surface area is 119 Å². The van der Waals surface area contributed by atoms with Crippen molar-refractivity contribution >= 4 is 11.8 Å². The molecule has 0 aliphatic carbocycles. The van der Waals surface area contributed by atoms with E-state index in [1.807, 2.05) is 36.1 Å². The van der Waals surface area contributed by atoms with Gasteiger partial charge in [-0.15, -0.1) is 0 Å². The van der Waals surface area contributed by atoms with Crippen LogP contribution in [0.5, 0.6) is 0 Å². The first-order valence-electron chi connectivity index (χ1n) is 6.89. The number of carbonyl (C=O) groups is 2. The van der Waals surface area contributed by atoms with E-state index >= 15 is 0 Å². The third kappa shape index (κ3) is 3.26. The Hall–Kier alpha value is -2.10. The summed E-state index contributed by atoms with van der Waals surface area (Å²) in [6, 6.07) is 7.62. The van der Waals surface area contributed by atoms with E-state index in [0.29, 0.717) is 31.7 Å². The van der Waals surface area contributed by atoms with E-state index in [-0.39, 0.29) is 11.8 Å². The lowest BCUT2D eigenvalue weighted by Gasteiger charge is -2.21. The maximum absolute atomic E-state index is 12.5. The molecule has 0 unspecified atom stereocenters. The molecule has 106 valence electrons. The molecule has 1 aromatic rings. The lowest BCUT2D eigenvalue weighted by atomic mass is 10.1. The SMILES string of the molecule is C=CC(=O)N1CCCN(C(=O)c2cccc(C)c2)CC1. The Morgan fingerprint density at radius 3 is 2.55 bits per heavy atom. The van der Waals surface area contributed by atoms with Crippen LogP contribution in [0.2, 0.25) is 0 Å². The number of hydrogen-bond acceptors (Lipinski definition) is 2. The van der Waals surface area contributed by atoms with E-state index in [1.54, 1.807) is 4.90 Å². The second-order valence-corrected chi connectivity index (χ2v) is 5.04. The van der Waals surface area contributed by atoms with Crippen LogP contribution in [-0.2, 0) is 4.79 Å². The molecule has 4 nitrogen and oxygen atoms in total. The fraction of sp³-hybridized carbons (Fsp3) is 0.375. The summed E-state index contributed by atoms with van der Waals surface area (Å²) >= 11 is 0. The van der Waals surface area contributed by atoms with Gasteiger partial charge >= 0.3 is 0 Å². The Morgan fingerprint density at radius 1 is 1.15 bits per heavy atom. The summed E-state index contributed by atoms with van der Waals surface area (Å²) in [5, 5.41) is 0. The zero-order chi connectivity index (χ0) is 14.5. The van der Waals surface area contributed by atoms with Crippen LogP contribution in [0.25, 0.3) is 0 Å². The molecule has 0 N–H and O–H groups in total. The number of carbonyl (C=O) groups excluding carboxylic acids is 2. The first-order valence-corrected chi connectivity index (χ1v) is 6.89. The molecule has 4 heteroatoms. The molecule has 0 atom stereocenters. The van der Waals surface area contributed by atoms with Crippen molar-refractivity contribution in [2.75, 3.05) is 26.2 Å². The van der Waals surface area contributed by atoms with Gasteiger partial charge in [0.15, 0.2) is 0 Å². The molecule has 1 heterocycles. The molecule has 0 saturated carbocycles. The number of amides is 2. The second-order valence-electron chi connectivity index (χ2n) is 5.04. The lowest BCUT2D eigenvalue weighted by molar-refractivity contribution is -0.125. The fourth-order valence-corrected chi connectivity index (χ4v) is 2.43. The number of aryl methyl sites for hydroxylation is 1. The molecule has 1 saturated heterocycles. The molecule has 0 bridgehead atoms. The average Bonchev–Trinajstić information content (AvgIpc) is 2.71. The molecular formula is C16H20N2O2.